The summed E-state index contributed by atoms with van der Waals surface area (Å²) in [5, 5.41) is 1.21. The molecule has 0 bridgehead atoms. The number of fused-ring (bicyclic) bond motifs is 1. The third kappa shape index (κ3) is 3.40. The van der Waals surface area contributed by atoms with E-state index < -0.39 is 10.0 Å². The van der Waals surface area contributed by atoms with Crippen molar-refractivity contribution in [1.82, 2.24) is 4.98 Å². The van der Waals surface area contributed by atoms with Gasteiger partial charge in [0.2, 0.25) is 0 Å². The number of ether oxygens (including phenoxy) is 1. The Morgan fingerprint density at radius 1 is 1.08 bits per heavy atom. The van der Waals surface area contributed by atoms with Crippen molar-refractivity contribution in [2.75, 3.05) is 11.8 Å². The Kier molecular flexibility index (Phi) is 4.54. The first-order valence-electron chi connectivity index (χ1n) is 6.81. The monoisotopic (exact) mass is 382 g/mol. The lowest BCUT2D eigenvalue weighted by molar-refractivity contribution is 0.415. The molecule has 0 unspecified atom stereocenters. The standard InChI is InChI=1S/C16H12Cl2N2O3S/c1-23-13-5-10-3-2-4-19-16(10)15(9-13)20-24(21,22)14-7-11(17)6-12(18)8-14/h2-9,20H,1H3. The molecule has 1 N–H and O–H groups in total. The van der Waals surface area contributed by atoms with Crippen molar-refractivity contribution in [3.8, 4) is 5.75 Å². The quantitative estimate of drug-likeness (QED) is 0.727. The maximum atomic E-state index is 12.7. The van der Waals surface area contributed by atoms with Crippen LogP contribution in [0.25, 0.3) is 10.9 Å². The number of nitrogens with one attached hydrogen (secondary N) is 1. The summed E-state index contributed by atoms with van der Waals surface area (Å²) in [6.07, 6.45) is 1.59. The second-order valence-electron chi connectivity index (χ2n) is 4.96. The second-order valence-corrected chi connectivity index (χ2v) is 7.52. The second kappa shape index (κ2) is 6.47. The van der Waals surface area contributed by atoms with Crippen molar-refractivity contribution in [2.24, 2.45) is 0 Å². The first kappa shape index (κ1) is 16.8. The van der Waals surface area contributed by atoms with Gasteiger partial charge in [-0.2, -0.15) is 0 Å². The molecule has 0 amide bonds. The van der Waals surface area contributed by atoms with Crippen molar-refractivity contribution in [3.05, 3.63) is 58.7 Å². The van der Waals surface area contributed by atoms with Gasteiger partial charge in [-0.15, -0.1) is 0 Å². The molecule has 0 aliphatic heterocycles. The summed E-state index contributed by atoms with van der Waals surface area (Å²) in [7, 11) is -2.38. The molecule has 1 heterocycles. The Hall–Kier alpha value is -2.02. The summed E-state index contributed by atoms with van der Waals surface area (Å²) >= 11 is 11.8. The molecule has 0 aliphatic carbocycles. The number of nitrogens with zero attached hydrogens (tertiary/aromatic N) is 1. The zero-order valence-electron chi connectivity index (χ0n) is 12.5. The Balaban J connectivity index is 2.11. The lowest BCUT2D eigenvalue weighted by atomic mass is 10.2. The van der Waals surface area contributed by atoms with Gasteiger partial charge in [0.1, 0.15) is 5.75 Å². The fourth-order valence-electron chi connectivity index (χ4n) is 2.25. The molecular formula is C16H12Cl2N2O3S. The summed E-state index contributed by atoms with van der Waals surface area (Å²) in [6, 6.07) is 11.0. The van der Waals surface area contributed by atoms with Crippen LogP contribution in [0.15, 0.2) is 53.6 Å². The van der Waals surface area contributed by atoms with Crippen LogP contribution >= 0.6 is 23.2 Å². The number of rotatable bonds is 4. The third-order valence-electron chi connectivity index (χ3n) is 3.30. The number of aromatic nitrogens is 1. The van der Waals surface area contributed by atoms with Crippen LogP contribution in [0, 0.1) is 0 Å². The molecule has 24 heavy (non-hydrogen) atoms. The van der Waals surface area contributed by atoms with Gasteiger partial charge in [-0.1, -0.05) is 29.3 Å². The number of hydrogen-bond acceptors (Lipinski definition) is 4. The summed E-state index contributed by atoms with van der Waals surface area (Å²) in [4.78, 5) is 4.20. The Morgan fingerprint density at radius 2 is 1.79 bits per heavy atom. The highest BCUT2D eigenvalue weighted by atomic mass is 35.5. The van der Waals surface area contributed by atoms with Gasteiger partial charge in [-0.25, -0.2) is 8.42 Å². The van der Waals surface area contributed by atoms with Crippen LogP contribution in [0.3, 0.4) is 0 Å². The molecule has 2 aromatic carbocycles. The average molecular weight is 383 g/mol. The van der Waals surface area contributed by atoms with E-state index in [0.29, 0.717) is 17.0 Å². The van der Waals surface area contributed by atoms with E-state index in [4.69, 9.17) is 27.9 Å². The van der Waals surface area contributed by atoms with Crippen molar-refractivity contribution < 1.29 is 13.2 Å². The van der Waals surface area contributed by atoms with Gasteiger partial charge in [-0.3, -0.25) is 9.71 Å². The predicted octanol–water partition coefficient (Wildman–Crippen LogP) is 4.35. The Bertz CT molecular complexity index is 1000. The molecule has 5 nitrogen and oxygen atoms in total. The smallest absolute Gasteiger partial charge is 0.262 e. The summed E-state index contributed by atoms with van der Waals surface area (Å²) in [5.41, 5.74) is 0.816. The minimum atomic E-state index is -3.89. The maximum Gasteiger partial charge on any atom is 0.262 e. The zero-order valence-corrected chi connectivity index (χ0v) is 14.8. The number of sulfonamides is 1. The van der Waals surface area contributed by atoms with Crippen LogP contribution in [0.4, 0.5) is 5.69 Å². The molecule has 1 aromatic heterocycles. The van der Waals surface area contributed by atoms with Crippen molar-refractivity contribution in [1.29, 1.82) is 0 Å². The molecule has 0 fully saturated rings. The first-order valence-corrected chi connectivity index (χ1v) is 9.04. The van der Waals surface area contributed by atoms with Gasteiger partial charge >= 0.3 is 0 Å². The molecule has 8 heteroatoms. The van der Waals surface area contributed by atoms with Gasteiger partial charge in [0.25, 0.3) is 10.0 Å². The van der Waals surface area contributed by atoms with Crippen LogP contribution in [-0.2, 0) is 10.0 Å². The van der Waals surface area contributed by atoms with Gasteiger partial charge in [-0.05, 0) is 30.3 Å². The number of halogens is 2. The third-order valence-corrected chi connectivity index (χ3v) is 5.09. The number of methoxy groups -OCH3 is 1. The van der Waals surface area contributed by atoms with Gasteiger partial charge in [0.05, 0.1) is 23.2 Å². The van der Waals surface area contributed by atoms with E-state index in [2.05, 4.69) is 9.71 Å². The molecular weight excluding hydrogens is 371 g/mol. The van der Waals surface area contributed by atoms with Crippen LogP contribution < -0.4 is 9.46 Å². The van der Waals surface area contributed by atoms with Crippen LogP contribution in [0.2, 0.25) is 10.0 Å². The minimum Gasteiger partial charge on any atom is -0.497 e. The minimum absolute atomic E-state index is 0.0353. The topological polar surface area (TPSA) is 68.3 Å². The zero-order chi connectivity index (χ0) is 17.3. The van der Waals surface area contributed by atoms with E-state index in [1.165, 1.54) is 25.3 Å². The largest absolute Gasteiger partial charge is 0.497 e. The molecule has 0 radical (unpaired) electrons. The summed E-state index contributed by atoms with van der Waals surface area (Å²) < 4.78 is 33.0. The normalized spacial score (nSPS) is 11.5. The fourth-order valence-corrected chi connectivity index (χ4v) is 4.03. The molecule has 0 saturated carbocycles. The van der Waals surface area contributed by atoms with Crippen LogP contribution in [-0.4, -0.2) is 20.5 Å². The van der Waals surface area contributed by atoms with E-state index in [1.54, 1.807) is 24.4 Å². The number of anilines is 1. The van der Waals surface area contributed by atoms with Crippen LogP contribution in [0.5, 0.6) is 5.75 Å². The van der Waals surface area contributed by atoms with E-state index in [0.717, 1.165) is 5.39 Å². The highest BCUT2D eigenvalue weighted by Gasteiger charge is 2.18. The molecule has 0 spiro atoms. The van der Waals surface area contributed by atoms with E-state index in [1.807, 2.05) is 6.07 Å². The molecule has 124 valence electrons. The van der Waals surface area contributed by atoms with Gasteiger partial charge < -0.3 is 4.74 Å². The maximum absolute atomic E-state index is 12.7. The molecule has 0 atom stereocenters. The SMILES string of the molecule is COc1cc(NS(=O)(=O)c2cc(Cl)cc(Cl)c2)c2ncccc2c1. The van der Waals surface area contributed by atoms with Crippen molar-refractivity contribution >= 4 is 49.8 Å². The summed E-state index contributed by atoms with van der Waals surface area (Å²) in [6.45, 7) is 0. The number of hydrogen-bond donors (Lipinski definition) is 1. The number of benzene rings is 2. The highest BCUT2D eigenvalue weighted by Crippen LogP contribution is 2.30. The van der Waals surface area contributed by atoms with E-state index >= 15 is 0 Å². The first-order chi connectivity index (χ1) is 11.4. The predicted molar refractivity (Wildman–Crippen MR) is 95.6 cm³/mol. The molecule has 0 aliphatic rings. The lowest BCUT2D eigenvalue weighted by Gasteiger charge is -2.12. The fraction of sp³-hybridized carbons (Fsp3) is 0.0625. The Morgan fingerprint density at radius 3 is 2.46 bits per heavy atom. The molecule has 3 rings (SSSR count). The molecule has 0 saturated heterocycles. The lowest BCUT2D eigenvalue weighted by Crippen LogP contribution is -2.13. The van der Waals surface area contributed by atoms with Gasteiger partial charge in [0.15, 0.2) is 0 Å². The van der Waals surface area contributed by atoms with E-state index in [9.17, 15) is 8.42 Å². The summed E-state index contributed by atoms with van der Waals surface area (Å²) in [5.74, 6) is 0.511. The van der Waals surface area contributed by atoms with Crippen molar-refractivity contribution in [2.45, 2.75) is 4.90 Å². The van der Waals surface area contributed by atoms with Crippen molar-refractivity contribution in [3.63, 3.8) is 0 Å². The average Bonchev–Trinajstić information content (AvgIpc) is 2.53. The number of pyridine rings is 1. The highest BCUT2D eigenvalue weighted by molar-refractivity contribution is 7.92. The van der Waals surface area contributed by atoms with Gasteiger partial charge in [0, 0.05) is 27.7 Å². The Labute approximate surface area is 149 Å². The van der Waals surface area contributed by atoms with Crippen LogP contribution in [0.1, 0.15) is 0 Å². The molecule has 3 aromatic rings. The van der Waals surface area contributed by atoms with E-state index in [-0.39, 0.29) is 14.9 Å².